The molecule has 0 spiro atoms. The quantitative estimate of drug-likeness (QED) is 0.117. The number of aliphatic hydroxyl groups excluding tert-OH is 2. The Kier molecular flexibility index (Phi) is 11.6. The molecule has 6 aromatic carbocycles. The van der Waals surface area contributed by atoms with Crippen molar-refractivity contribution in [2.75, 3.05) is 37.8 Å². The Bertz CT molecular complexity index is 2510. The van der Waals surface area contributed by atoms with Crippen molar-refractivity contribution in [1.29, 1.82) is 0 Å². The summed E-state index contributed by atoms with van der Waals surface area (Å²) in [7, 11) is 8.69. The Hall–Kier alpha value is -4.11. The van der Waals surface area contributed by atoms with Crippen LogP contribution in [0.5, 0.6) is 0 Å². The molecule has 0 amide bonds. The summed E-state index contributed by atoms with van der Waals surface area (Å²) in [6.07, 6.45) is -0.278. The van der Waals surface area contributed by atoms with E-state index in [1.54, 1.807) is 13.8 Å². The Balaban J connectivity index is 0.000000598. The van der Waals surface area contributed by atoms with Gasteiger partial charge in [0.2, 0.25) is 0 Å². The number of aliphatic hydroxyl groups is 2. The van der Waals surface area contributed by atoms with Gasteiger partial charge in [0.1, 0.15) is 0 Å². The summed E-state index contributed by atoms with van der Waals surface area (Å²) in [5, 5.41) is 22.4. The Labute approximate surface area is 355 Å². The zero-order chi connectivity index (χ0) is 40.0. The van der Waals surface area contributed by atoms with Crippen LogP contribution in [0.2, 0.25) is 0 Å². The van der Waals surface area contributed by atoms with Crippen LogP contribution in [0, 0.1) is 6.07 Å². The van der Waals surface area contributed by atoms with Gasteiger partial charge in [0.25, 0.3) is 0 Å². The van der Waals surface area contributed by atoms with Crippen LogP contribution in [-0.2, 0) is 19.4 Å². The van der Waals surface area contributed by atoms with E-state index in [1.807, 2.05) is 22.7 Å². The molecule has 0 aliphatic carbocycles. The van der Waals surface area contributed by atoms with E-state index >= 15 is 0 Å². The second kappa shape index (κ2) is 16.6. The zero-order valence-corrected chi connectivity index (χ0v) is 36.9. The van der Waals surface area contributed by atoms with Crippen LogP contribution in [0.25, 0.3) is 62.6 Å². The summed E-state index contributed by atoms with van der Waals surface area (Å²) >= 11 is 6.24. The van der Waals surface area contributed by atoms with Gasteiger partial charge < -0.3 is 10.2 Å². The number of hydrogen-bond acceptors (Lipinski definition) is 8. The van der Waals surface area contributed by atoms with Crippen molar-refractivity contribution in [1.82, 2.24) is 9.62 Å². The van der Waals surface area contributed by atoms with Crippen LogP contribution < -0.4 is 9.62 Å². The first kappa shape index (κ1) is 39.7. The van der Waals surface area contributed by atoms with Crippen molar-refractivity contribution >= 4 is 92.3 Å². The van der Waals surface area contributed by atoms with E-state index in [4.69, 9.17) is 10.2 Å². The fourth-order valence-corrected chi connectivity index (χ4v) is 11.4. The molecule has 2 aromatic heterocycles. The van der Waals surface area contributed by atoms with E-state index < -0.39 is 0 Å². The van der Waals surface area contributed by atoms with Crippen LogP contribution in [0.1, 0.15) is 20.3 Å². The van der Waals surface area contributed by atoms with Gasteiger partial charge in [-0.15, -0.1) is 0 Å². The summed E-state index contributed by atoms with van der Waals surface area (Å²) in [6.45, 7) is 3.48. The molecule has 2 atom stereocenters. The molecule has 8 aromatic rings. The standard InChI is InChI=1S/C41H33B2N4S2.C5H12O2.Pt/c1-44(2)42-43(45(3)4)47(33-21-15-29(16-22-33)31-18-24-37-35-10-6-8-12-39(35)49-41(37)26-31)27-46(42)32-19-13-28(14-20-32)30-17-23-36-34-9-5-7-11-38(34)48-40(36)25-30;1-4(6)3-5(2)7;/h5-21,23-26H,1-4H3;4-7H,3H2,1-2H3;/q-1;;. The van der Waals surface area contributed by atoms with Gasteiger partial charge in [-0.2, -0.15) is 0 Å². The maximum absolute atomic E-state index is 8.56. The third-order valence-electron chi connectivity index (χ3n) is 10.5. The first-order valence-electron chi connectivity index (χ1n) is 19.2. The summed E-state index contributed by atoms with van der Waals surface area (Å²) in [5.41, 5.74) is 7.09. The van der Waals surface area contributed by atoms with E-state index in [2.05, 4.69) is 200 Å². The predicted octanol–water partition coefficient (Wildman–Crippen LogP) is 9.83. The van der Waals surface area contributed by atoms with Crippen molar-refractivity contribution in [2.24, 2.45) is 0 Å². The molecule has 57 heavy (non-hydrogen) atoms. The molecular weight excluding hydrogens is 921 g/mol. The summed E-state index contributed by atoms with van der Waals surface area (Å²) < 4.78 is 6.47. The van der Waals surface area contributed by atoms with E-state index in [-0.39, 0.29) is 26.0 Å². The average Bonchev–Trinajstić information content (AvgIpc) is 3.86. The summed E-state index contributed by atoms with van der Waals surface area (Å²) in [4.78, 5) is 9.52. The molecule has 290 valence electrons. The van der Waals surface area contributed by atoms with Gasteiger partial charge in [-0.25, -0.2) is 0 Å². The average molecular weight is 967 g/mol. The van der Waals surface area contributed by atoms with Gasteiger partial charge in [0, 0.05) is 0 Å². The molecular formula is C46H45B2N4O2PtS2-. The molecule has 1 aliphatic rings. The molecule has 11 heteroatoms. The number of nitrogens with zero attached hydrogens (tertiary/aromatic N) is 4. The van der Waals surface area contributed by atoms with Crippen LogP contribution in [0.3, 0.4) is 0 Å². The molecule has 2 N–H and O–H groups in total. The van der Waals surface area contributed by atoms with Gasteiger partial charge in [-0.05, 0) is 20.3 Å². The topological polar surface area (TPSA) is 53.4 Å². The van der Waals surface area contributed by atoms with E-state index in [0.717, 1.165) is 9.83 Å². The van der Waals surface area contributed by atoms with Crippen LogP contribution in [0.4, 0.5) is 11.4 Å². The van der Waals surface area contributed by atoms with Crippen LogP contribution in [-0.4, -0.2) is 78.1 Å². The van der Waals surface area contributed by atoms with Crippen LogP contribution >= 0.6 is 22.7 Å². The van der Waals surface area contributed by atoms with E-state index in [1.165, 1.54) is 68.3 Å². The maximum atomic E-state index is 8.56. The molecule has 1 saturated heterocycles. The zero-order valence-electron chi connectivity index (χ0n) is 33.0. The normalized spacial score (nSPS) is 14.5. The van der Waals surface area contributed by atoms with Gasteiger partial charge >= 0.3 is 291 Å². The molecule has 0 bridgehead atoms. The number of rotatable bonds is 8. The second-order valence-corrected chi connectivity index (χ2v) is 18.5. The second-order valence-electron chi connectivity index (χ2n) is 15.3. The Morgan fingerprint density at radius 3 is 1.51 bits per heavy atom. The minimum atomic E-state index is -0.375. The number of anilines is 2. The Morgan fingerprint density at radius 2 is 1.04 bits per heavy atom. The van der Waals surface area contributed by atoms with Crippen molar-refractivity contribution in [3.05, 3.63) is 133 Å². The van der Waals surface area contributed by atoms with Crippen molar-refractivity contribution in [3.63, 3.8) is 0 Å². The number of fused-ring (bicyclic) bond motifs is 6. The molecule has 1 aliphatic heterocycles. The van der Waals surface area contributed by atoms with Gasteiger partial charge in [-0.1, -0.05) is 24.3 Å². The van der Waals surface area contributed by atoms with Crippen LogP contribution in [0.15, 0.2) is 127 Å². The summed E-state index contributed by atoms with van der Waals surface area (Å²) in [5.74, 6) is 0. The van der Waals surface area contributed by atoms with Gasteiger partial charge in [-0.3, -0.25) is 0 Å². The molecule has 0 saturated carbocycles. The molecule has 2 unspecified atom stereocenters. The van der Waals surface area contributed by atoms with Gasteiger partial charge in [0.15, 0.2) is 0 Å². The third kappa shape index (κ3) is 7.90. The number of benzene rings is 6. The fraction of sp³-hybridized carbons (Fsp3) is 0.196. The van der Waals surface area contributed by atoms with Crippen molar-refractivity contribution in [3.8, 4) is 22.3 Å². The molecule has 9 rings (SSSR count). The van der Waals surface area contributed by atoms with Crippen molar-refractivity contribution in [2.45, 2.75) is 32.5 Å². The monoisotopic (exact) mass is 966 g/mol. The molecule has 6 nitrogen and oxygen atoms in total. The fourth-order valence-electron chi connectivity index (χ4n) is 7.93. The first-order valence-corrected chi connectivity index (χ1v) is 22.0. The predicted molar refractivity (Wildman–Crippen MR) is 245 cm³/mol. The number of thiophene rings is 2. The van der Waals surface area contributed by atoms with E-state index in [9.17, 15) is 0 Å². The van der Waals surface area contributed by atoms with Crippen molar-refractivity contribution < 1.29 is 29.6 Å². The molecule has 0 radical (unpaired) electrons. The van der Waals surface area contributed by atoms with Gasteiger partial charge in [0.05, 0.1) is 12.2 Å². The summed E-state index contributed by atoms with van der Waals surface area (Å²) in [6, 6.07) is 50.5. The molecule has 3 heterocycles. The third-order valence-corrected chi connectivity index (χ3v) is 13.9. The minimum absolute atomic E-state index is 0.0737. The SMILES string of the molecule is CC(O)CC(C)O.CN(C)B1B(N(C)C)N(c2ccc(-c3ccc4c(c3)sc3ccccc34)cc2)[C](=[Pt])N1c1[c-]cc(-c2ccc3c(c2)sc2ccccc23)cc1. The number of hydrogen-bond donors (Lipinski definition) is 2. The Morgan fingerprint density at radius 1 is 0.579 bits per heavy atom. The van der Waals surface area contributed by atoms with E-state index in [0.29, 0.717) is 6.42 Å². The molecule has 1 fully saturated rings. The first-order chi connectivity index (χ1) is 27.5.